The van der Waals surface area contributed by atoms with E-state index in [2.05, 4.69) is 25.6 Å². The largest absolute Gasteiger partial charge is 0.465 e. The monoisotopic (exact) mass is 667 g/mol. The van der Waals surface area contributed by atoms with E-state index in [4.69, 9.17) is 0 Å². The Kier molecular flexibility index (Phi) is 8.89. The third-order valence-corrected chi connectivity index (χ3v) is 10.2. The highest BCUT2D eigenvalue weighted by Gasteiger charge is 2.37. The number of aromatic nitrogens is 4. The van der Waals surface area contributed by atoms with E-state index in [9.17, 15) is 23.1 Å². The highest BCUT2D eigenvalue weighted by Crippen LogP contribution is 2.33. The van der Waals surface area contributed by atoms with Crippen molar-refractivity contribution in [2.24, 2.45) is 5.92 Å². The number of hydrogen-bond donors (Lipinski definition) is 3. The van der Waals surface area contributed by atoms with Crippen LogP contribution in [-0.2, 0) is 14.8 Å². The zero-order valence-electron chi connectivity index (χ0n) is 26.9. The molecule has 1 aliphatic rings. The summed E-state index contributed by atoms with van der Waals surface area (Å²) in [5.41, 5.74) is 2.43. The lowest BCUT2D eigenvalue weighted by atomic mass is 9.83. The molecule has 3 aromatic heterocycles. The van der Waals surface area contributed by atoms with Gasteiger partial charge in [0.05, 0.1) is 10.6 Å². The predicted molar refractivity (Wildman–Crippen MR) is 184 cm³/mol. The average molecular weight is 668 g/mol. The maximum Gasteiger partial charge on any atom is 0.407 e. The maximum atomic E-state index is 13.2. The summed E-state index contributed by atoms with van der Waals surface area (Å²) in [6, 6.07) is 20.7. The number of hydrogen-bond acceptors (Lipinski definition) is 8. The summed E-state index contributed by atoms with van der Waals surface area (Å²) in [6.07, 6.45) is 6.09. The first kappa shape index (κ1) is 32.6. The van der Waals surface area contributed by atoms with Gasteiger partial charge >= 0.3 is 6.09 Å². The van der Waals surface area contributed by atoms with Crippen molar-refractivity contribution in [2.75, 3.05) is 10.6 Å². The number of nitrogens with zero attached hydrogens (tertiary/aromatic N) is 5. The van der Waals surface area contributed by atoms with Crippen molar-refractivity contribution in [3.05, 3.63) is 91.5 Å². The summed E-state index contributed by atoms with van der Waals surface area (Å²) >= 11 is 0. The van der Waals surface area contributed by atoms with Crippen molar-refractivity contribution in [2.45, 2.75) is 62.9 Å². The molecule has 6 rings (SSSR count). The number of pyridine rings is 1. The Morgan fingerprint density at radius 3 is 2.33 bits per heavy atom. The van der Waals surface area contributed by atoms with E-state index in [1.54, 1.807) is 48.7 Å². The van der Waals surface area contributed by atoms with Gasteiger partial charge in [-0.05, 0) is 88.9 Å². The van der Waals surface area contributed by atoms with Crippen molar-refractivity contribution in [1.82, 2.24) is 23.8 Å². The van der Waals surface area contributed by atoms with Crippen molar-refractivity contribution >= 4 is 50.2 Å². The number of rotatable bonds is 8. The van der Waals surface area contributed by atoms with E-state index in [1.807, 2.05) is 51.1 Å². The SMILES string of the molecule is CC(C)(C)N(C(=O)O)C1CCC(C(=O)Nc2cccc(Nc3cc(-c4cnc5c(ccn5S(=O)(=O)c5ccccc5)c4)ncn3)c2)CC1. The van der Waals surface area contributed by atoms with Gasteiger partial charge in [-0.25, -0.2) is 32.1 Å². The number of fused-ring (bicyclic) bond motifs is 1. The zero-order chi connectivity index (χ0) is 34.1. The first-order valence-corrected chi connectivity index (χ1v) is 17.1. The van der Waals surface area contributed by atoms with Crippen LogP contribution in [0.15, 0.2) is 96.4 Å². The molecule has 2 aromatic carbocycles. The molecule has 1 saturated carbocycles. The van der Waals surface area contributed by atoms with Crippen LogP contribution >= 0.6 is 0 Å². The Morgan fingerprint density at radius 2 is 1.62 bits per heavy atom. The molecule has 12 nitrogen and oxygen atoms in total. The summed E-state index contributed by atoms with van der Waals surface area (Å²) in [6.45, 7) is 5.67. The Hall–Kier alpha value is -5.30. The van der Waals surface area contributed by atoms with Crippen molar-refractivity contribution in [1.29, 1.82) is 0 Å². The molecule has 2 amide bonds. The molecule has 0 aliphatic heterocycles. The molecule has 0 atom stereocenters. The molecule has 5 aromatic rings. The highest BCUT2D eigenvalue weighted by molar-refractivity contribution is 7.90. The van der Waals surface area contributed by atoms with E-state index in [-0.39, 0.29) is 22.8 Å². The molecule has 0 saturated heterocycles. The van der Waals surface area contributed by atoms with Gasteiger partial charge < -0.3 is 20.6 Å². The minimum Gasteiger partial charge on any atom is -0.465 e. The molecule has 0 spiro atoms. The second-order valence-electron chi connectivity index (χ2n) is 12.9. The van der Waals surface area contributed by atoms with E-state index in [1.165, 1.54) is 21.4 Å². The van der Waals surface area contributed by atoms with Crippen LogP contribution in [0.5, 0.6) is 0 Å². The topological polar surface area (TPSA) is 159 Å². The number of nitrogens with one attached hydrogen (secondary N) is 2. The fraction of sp³-hybridized carbons (Fsp3) is 0.286. The van der Waals surface area contributed by atoms with Crippen LogP contribution in [0.4, 0.5) is 22.0 Å². The fourth-order valence-electron chi connectivity index (χ4n) is 6.28. The van der Waals surface area contributed by atoms with Crippen LogP contribution in [0, 0.1) is 5.92 Å². The van der Waals surface area contributed by atoms with Crippen molar-refractivity contribution < 1.29 is 23.1 Å². The number of benzene rings is 2. The fourth-order valence-corrected chi connectivity index (χ4v) is 7.61. The normalized spacial score (nSPS) is 16.7. The summed E-state index contributed by atoms with van der Waals surface area (Å²) in [4.78, 5) is 39.9. The van der Waals surface area contributed by atoms with Crippen LogP contribution in [0.25, 0.3) is 22.3 Å². The number of anilines is 3. The Balaban J connectivity index is 1.12. The van der Waals surface area contributed by atoms with Gasteiger partial charge in [0, 0.05) is 58.3 Å². The number of carbonyl (C=O) groups excluding carboxylic acids is 1. The predicted octanol–water partition coefficient (Wildman–Crippen LogP) is 6.75. The third-order valence-electron chi connectivity index (χ3n) is 8.52. The average Bonchev–Trinajstić information content (AvgIpc) is 3.49. The zero-order valence-corrected chi connectivity index (χ0v) is 27.7. The molecular formula is C35H37N7O5S. The van der Waals surface area contributed by atoms with Crippen LogP contribution in [0.3, 0.4) is 0 Å². The summed E-state index contributed by atoms with van der Waals surface area (Å²) in [5.74, 6) is 0.244. The van der Waals surface area contributed by atoms with E-state index >= 15 is 0 Å². The first-order chi connectivity index (χ1) is 22.9. The lowest BCUT2D eigenvalue weighted by Gasteiger charge is -2.42. The van der Waals surface area contributed by atoms with Crippen LogP contribution in [-0.4, -0.2) is 60.9 Å². The number of carboxylic acid groups (broad SMARTS) is 1. The lowest BCUT2D eigenvalue weighted by Crippen LogP contribution is -2.52. The molecule has 48 heavy (non-hydrogen) atoms. The second-order valence-corrected chi connectivity index (χ2v) is 14.7. The second kappa shape index (κ2) is 13.1. The molecule has 1 aliphatic carbocycles. The number of carbonyl (C=O) groups is 2. The minimum atomic E-state index is -3.80. The van der Waals surface area contributed by atoms with Gasteiger partial charge in [0.1, 0.15) is 12.1 Å². The molecule has 0 bridgehead atoms. The molecule has 1 fully saturated rings. The summed E-state index contributed by atoms with van der Waals surface area (Å²) in [7, 11) is -3.80. The summed E-state index contributed by atoms with van der Waals surface area (Å²) in [5, 5.41) is 16.7. The number of amides is 2. The molecule has 13 heteroatoms. The molecule has 3 heterocycles. The maximum absolute atomic E-state index is 13.2. The lowest BCUT2D eigenvalue weighted by molar-refractivity contribution is -0.121. The van der Waals surface area contributed by atoms with Gasteiger partial charge in [-0.15, -0.1) is 0 Å². The van der Waals surface area contributed by atoms with Crippen molar-refractivity contribution in [3.8, 4) is 11.3 Å². The third kappa shape index (κ3) is 6.86. The molecule has 0 unspecified atom stereocenters. The Morgan fingerprint density at radius 1 is 0.896 bits per heavy atom. The van der Waals surface area contributed by atoms with E-state index in [0.717, 1.165) is 0 Å². The minimum absolute atomic E-state index is 0.0825. The van der Waals surface area contributed by atoms with Crippen molar-refractivity contribution in [3.63, 3.8) is 0 Å². The van der Waals surface area contributed by atoms with E-state index in [0.29, 0.717) is 65.2 Å². The highest BCUT2D eigenvalue weighted by atomic mass is 32.2. The van der Waals surface area contributed by atoms with E-state index < -0.39 is 21.7 Å². The summed E-state index contributed by atoms with van der Waals surface area (Å²) < 4.78 is 27.5. The molecular weight excluding hydrogens is 630 g/mol. The first-order valence-electron chi connectivity index (χ1n) is 15.7. The molecule has 0 radical (unpaired) electrons. The molecule has 248 valence electrons. The van der Waals surface area contributed by atoms with Gasteiger partial charge in [-0.3, -0.25) is 4.79 Å². The standard InChI is InChI=1S/C35H37N7O5S/c1-35(2,3)42(34(44)45)28-14-12-23(13-15-28)33(43)40-27-9-7-8-26(19-27)39-31-20-30(37-22-38-31)25-18-24-16-17-41(32(24)36-21-25)48(46,47)29-10-5-4-6-11-29/h4-11,16-23,28H,12-15H2,1-3H3,(H,40,43)(H,44,45)(H,37,38,39). The quantitative estimate of drug-likeness (QED) is 0.163. The Bertz CT molecular complexity index is 2070. The Labute approximate surface area is 278 Å². The van der Waals surface area contributed by atoms with Crippen LogP contribution in [0.1, 0.15) is 46.5 Å². The van der Waals surface area contributed by atoms with Gasteiger partial charge in [0.2, 0.25) is 5.91 Å². The van der Waals surface area contributed by atoms with Crippen LogP contribution < -0.4 is 10.6 Å². The van der Waals surface area contributed by atoms with Gasteiger partial charge in [-0.1, -0.05) is 24.3 Å². The van der Waals surface area contributed by atoms with Gasteiger partial charge in [-0.2, -0.15) is 0 Å². The smallest absolute Gasteiger partial charge is 0.407 e. The van der Waals surface area contributed by atoms with Gasteiger partial charge in [0.15, 0.2) is 5.65 Å². The van der Waals surface area contributed by atoms with Crippen LogP contribution in [0.2, 0.25) is 0 Å². The van der Waals surface area contributed by atoms with Gasteiger partial charge in [0.25, 0.3) is 10.0 Å². The molecule has 3 N–H and O–H groups in total.